The monoisotopic (exact) mass is 246 g/mol. The molecular weight excluding hydrogens is 220 g/mol. The van der Waals surface area contributed by atoms with E-state index >= 15 is 0 Å². The molecule has 96 valence electrons. The van der Waals surface area contributed by atoms with Crippen molar-refractivity contribution < 1.29 is 4.21 Å². The number of nitrogens with zero attached hydrogens (tertiary/aromatic N) is 1. The van der Waals surface area contributed by atoms with Gasteiger partial charge in [-0.2, -0.15) is 0 Å². The highest BCUT2D eigenvalue weighted by molar-refractivity contribution is 7.84. The van der Waals surface area contributed by atoms with E-state index < -0.39 is 10.8 Å². The molecule has 4 heteroatoms. The number of nitrogens with one attached hydrogen (secondary N) is 1. The normalized spacial score (nSPS) is 26.6. The summed E-state index contributed by atoms with van der Waals surface area (Å²) in [6, 6.07) is 0.552. The van der Waals surface area contributed by atoms with E-state index in [0.717, 1.165) is 24.0 Å². The predicted octanol–water partition coefficient (Wildman–Crippen LogP) is 1.07. The molecule has 3 atom stereocenters. The van der Waals surface area contributed by atoms with Crippen molar-refractivity contribution >= 4 is 10.8 Å². The van der Waals surface area contributed by atoms with Gasteiger partial charge < -0.3 is 10.2 Å². The van der Waals surface area contributed by atoms with Crippen LogP contribution >= 0.6 is 0 Å². The molecule has 1 aliphatic rings. The third-order valence-corrected chi connectivity index (χ3v) is 4.79. The van der Waals surface area contributed by atoms with Gasteiger partial charge >= 0.3 is 0 Å². The van der Waals surface area contributed by atoms with Gasteiger partial charge in [-0.1, -0.05) is 6.92 Å². The van der Waals surface area contributed by atoms with Gasteiger partial charge in [0.1, 0.15) is 0 Å². The summed E-state index contributed by atoms with van der Waals surface area (Å²) in [7, 11) is 1.57. The quantitative estimate of drug-likeness (QED) is 0.761. The van der Waals surface area contributed by atoms with Crippen LogP contribution in [0.3, 0.4) is 0 Å². The Kier molecular flexibility index (Phi) is 6.54. The van der Waals surface area contributed by atoms with Crippen LogP contribution in [-0.4, -0.2) is 53.3 Å². The number of rotatable bonds is 6. The lowest BCUT2D eigenvalue weighted by Crippen LogP contribution is -2.44. The SMILES string of the molecule is CCS(=O)CCNC(C)C1CCCN(C)C1. The number of hydrogen-bond donors (Lipinski definition) is 1. The number of likely N-dealkylation sites (tertiary alicyclic amines) is 1. The van der Waals surface area contributed by atoms with Crippen molar-refractivity contribution in [3.63, 3.8) is 0 Å². The van der Waals surface area contributed by atoms with E-state index in [4.69, 9.17) is 0 Å². The van der Waals surface area contributed by atoms with Crippen LogP contribution in [0.4, 0.5) is 0 Å². The van der Waals surface area contributed by atoms with E-state index in [9.17, 15) is 4.21 Å². The maximum absolute atomic E-state index is 11.3. The Morgan fingerprint density at radius 2 is 2.31 bits per heavy atom. The molecule has 0 aliphatic carbocycles. The van der Waals surface area contributed by atoms with Crippen LogP contribution in [0.25, 0.3) is 0 Å². The maximum atomic E-state index is 11.3. The van der Waals surface area contributed by atoms with E-state index in [2.05, 4.69) is 24.2 Å². The van der Waals surface area contributed by atoms with Crippen molar-refractivity contribution in [3.05, 3.63) is 0 Å². The lowest BCUT2D eigenvalue weighted by Gasteiger charge is -2.34. The molecule has 0 saturated carbocycles. The molecule has 1 rings (SSSR count). The molecular formula is C12H26N2OS. The summed E-state index contributed by atoms with van der Waals surface area (Å²) in [5.41, 5.74) is 0. The van der Waals surface area contributed by atoms with Gasteiger partial charge in [-0.15, -0.1) is 0 Å². The Balaban J connectivity index is 2.18. The van der Waals surface area contributed by atoms with Gasteiger partial charge in [-0.25, -0.2) is 0 Å². The van der Waals surface area contributed by atoms with Crippen LogP contribution in [0.5, 0.6) is 0 Å². The third kappa shape index (κ3) is 4.93. The number of hydrogen-bond acceptors (Lipinski definition) is 3. The van der Waals surface area contributed by atoms with Crippen molar-refractivity contribution in [2.24, 2.45) is 5.92 Å². The van der Waals surface area contributed by atoms with Crippen molar-refractivity contribution in [1.29, 1.82) is 0 Å². The molecule has 0 aromatic heterocycles. The molecule has 1 heterocycles. The van der Waals surface area contributed by atoms with Crippen molar-refractivity contribution in [2.75, 3.05) is 38.2 Å². The number of piperidine rings is 1. The zero-order valence-electron chi connectivity index (χ0n) is 10.9. The minimum atomic E-state index is -0.628. The van der Waals surface area contributed by atoms with Crippen LogP contribution in [0.2, 0.25) is 0 Å². The fraction of sp³-hybridized carbons (Fsp3) is 1.00. The lowest BCUT2D eigenvalue weighted by atomic mass is 9.92. The molecule has 0 amide bonds. The molecule has 1 saturated heterocycles. The molecule has 3 nitrogen and oxygen atoms in total. The standard InChI is InChI=1S/C12H26N2OS/c1-4-16(15)9-7-13-11(2)12-6-5-8-14(3)10-12/h11-13H,4-10H2,1-3H3. The highest BCUT2D eigenvalue weighted by Gasteiger charge is 2.22. The van der Waals surface area contributed by atoms with Crippen molar-refractivity contribution in [1.82, 2.24) is 10.2 Å². The Morgan fingerprint density at radius 3 is 2.94 bits per heavy atom. The van der Waals surface area contributed by atoms with Crippen molar-refractivity contribution in [3.8, 4) is 0 Å². The molecule has 1 aliphatic heterocycles. The van der Waals surface area contributed by atoms with Crippen LogP contribution in [0, 0.1) is 5.92 Å². The molecule has 0 radical (unpaired) electrons. The molecule has 0 bridgehead atoms. The van der Waals surface area contributed by atoms with Gasteiger partial charge in [0.2, 0.25) is 0 Å². The Hall–Kier alpha value is 0.0700. The smallest absolute Gasteiger partial charge is 0.0360 e. The first kappa shape index (κ1) is 14.1. The molecule has 1 N–H and O–H groups in total. The zero-order valence-corrected chi connectivity index (χ0v) is 11.7. The molecule has 3 unspecified atom stereocenters. The van der Waals surface area contributed by atoms with E-state index in [0.29, 0.717) is 6.04 Å². The summed E-state index contributed by atoms with van der Waals surface area (Å²) in [4.78, 5) is 2.41. The van der Waals surface area contributed by atoms with Gasteiger partial charge in [0.15, 0.2) is 0 Å². The largest absolute Gasteiger partial charge is 0.313 e. The summed E-state index contributed by atoms with van der Waals surface area (Å²) in [6.07, 6.45) is 2.64. The minimum Gasteiger partial charge on any atom is -0.313 e. The lowest BCUT2D eigenvalue weighted by molar-refractivity contribution is 0.180. The Morgan fingerprint density at radius 1 is 1.56 bits per heavy atom. The molecule has 0 spiro atoms. The Labute approximate surface area is 102 Å². The van der Waals surface area contributed by atoms with Crippen LogP contribution in [0.15, 0.2) is 0 Å². The molecule has 0 aromatic rings. The first-order chi connectivity index (χ1) is 7.63. The Bertz CT molecular complexity index is 223. The second-order valence-corrected chi connectivity index (χ2v) is 6.71. The van der Waals surface area contributed by atoms with Crippen LogP contribution in [-0.2, 0) is 10.8 Å². The van der Waals surface area contributed by atoms with Gasteiger partial charge in [-0.05, 0) is 39.3 Å². The topological polar surface area (TPSA) is 32.3 Å². The van der Waals surface area contributed by atoms with Gasteiger partial charge in [-0.3, -0.25) is 4.21 Å². The fourth-order valence-electron chi connectivity index (χ4n) is 2.33. The van der Waals surface area contributed by atoms with E-state index in [1.54, 1.807) is 0 Å². The predicted molar refractivity (Wildman–Crippen MR) is 71.2 cm³/mol. The average Bonchev–Trinajstić information content (AvgIpc) is 2.28. The fourth-order valence-corrected chi connectivity index (χ4v) is 2.96. The van der Waals surface area contributed by atoms with Crippen molar-refractivity contribution in [2.45, 2.75) is 32.7 Å². The zero-order chi connectivity index (χ0) is 12.0. The second kappa shape index (κ2) is 7.41. The summed E-state index contributed by atoms with van der Waals surface area (Å²) in [5.74, 6) is 2.33. The van der Waals surface area contributed by atoms with Crippen LogP contribution < -0.4 is 5.32 Å². The molecule has 16 heavy (non-hydrogen) atoms. The minimum absolute atomic E-state index is 0.552. The van der Waals surface area contributed by atoms with Crippen LogP contribution in [0.1, 0.15) is 26.7 Å². The van der Waals surface area contributed by atoms with E-state index in [-0.39, 0.29) is 0 Å². The third-order valence-electron chi connectivity index (χ3n) is 3.49. The highest BCUT2D eigenvalue weighted by atomic mass is 32.2. The summed E-state index contributed by atoms with van der Waals surface area (Å²) >= 11 is 0. The first-order valence-corrected chi connectivity index (χ1v) is 7.89. The highest BCUT2D eigenvalue weighted by Crippen LogP contribution is 2.18. The van der Waals surface area contributed by atoms with Gasteiger partial charge in [0.25, 0.3) is 0 Å². The first-order valence-electron chi connectivity index (χ1n) is 6.40. The van der Waals surface area contributed by atoms with E-state index in [1.807, 2.05) is 6.92 Å². The summed E-state index contributed by atoms with van der Waals surface area (Å²) in [6.45, 7) is 7.57. The summed E-state index contributed by atoms with van der Waals surface area (Å²) < 4.78 is 11.3. The van der Waals surface area contributed by atoms with E-state index in [1.165, 1.54) is 25.9 Å². The molecule has 1 fully saturated rings. The second-order valence-electron chi connectivity index (χ2n) is 4.84. The van der Waals surface area contributed by atoms with Gasteiger partial charge in [0, 0.05) is 41.4 Å². The maximum Gasteiger partial charge on any atom is 0.0360 e. The summed E-state index contributed by atoms with van der Waals surface area (Å²) in [5, 5.41) is 3.52. The average molecular weight is 246 g/mol. The van der Waals surface area contributed by atoms with Gasteiger partial charge in [0.05, 0.1) is 0 Å². The molecule has 0 aromatic carbocycles.